The fourth-order valence-corrected chi connectivity index (χ4v) is 1.49. The van der Waals surface area contributed by atoms with Crippen LogP contribution in [-0.2, 0) is 7.05 Å². The lowest BCUT2D eigenvalue weighted by Crippen LogP contribution is -2.07. The van der Waals surface area contributed by atoms with Crippen molar-refractivity contribution in [1.29, 1.82) is 0 Å². The number of rotatable bonds is 3. The number of carbonyl (C=O) groups excluding carboxylic acids is 1. The molecule has 0 N–H and O–H groups in total. The van der Waals surface area contributed by atoms with Crippen LogP contribution in [0.4, 0.5) is 0 Å². The van der Waals surface area contributed by atoms with Crippen LogP contribution in [0.2, 0.25) is 0 Å². The lowest BCUT2D eigenvalue weighted by molar-refractivity contribution is 0.103. The van der Waals surface area contributed by atoms with E-state index in [-0.39, 0.29) is 5.78 Å². The smallest absolute Gasteiger partial charge is 0.211 e. The minimum atomic E-state index is -0.0392. The number of ether oxygens (including phenoxy) is 1. The van der Waals surface area contributed by atoms with E-state index in [1.807, 2.05) is 0 Å². The molecule has 1 aromatic carbocycles. The normalized spacial score (nSPS) is 10.1. The predicted octanol–water partition coefficient (Wildman–Crippen LogP) is 1.66. The highest BCUT2D eigenvalue weighted by Gasteiger charge is 2.12. The van der Waals surface area contributed by atoms with E-state index in [1.54, 1.807) is 55.4 Å². The third kappa shape index (κ3) is 1.82. The first-order valence-electron chi connectivity index (χ1n) is 4.89. The van der Waals surface area contributed by atoms with Crippen LogP contribution in [0.1, 0.15) is 16.1 Å². The number of benzene rings is 1. The van der Waals surface area contributed by atoms with Gasteiger partial charge >= 0.3 is 0 Å². The number of hydrogen-bond donors (Lipinski definition) is 0. The molecule has 2 rings (SSSR count). The van der Waals surface area contributed by atoms with Crippen molar-refractivity contribution in [3.8, 4) is 5.75 Å². The number of ketones is 1. The quantitative estimate of drug-likeness (QED) is 0.733. The van der Waals surface area contributed by atoms with Crippen LogP contribution in [0.15, 0.2) is 36.5 Å². The highest BCUT2D eigenvalue weighted by molar-refractivity contribution is 6.07. The Bertz CT molecular complexity index is 500. The molecule has 0 radical (unpaired) electrons. The fraction of sp³-hybridized carbons (Fsp3) is 0.167. The van der Waals surface area contributed by atoms with Crippen molar-refractivity contribution >= 4 is 5.78 Å². The number of methoxy groups -OCH3 is 1. The largest absolute Gasteiger partial charge is 0.497 e. The zero-order valence-corrected chi connectivity index (χ0v) is 9.18. The lowest BCUT2D eigenvalue weighted by atomic mass is 10.1. The van der Waals surface area contributed by atoms with Crippen molar-refractivity contribution in [2.45, 2.75) is 0 Å². The maximum Gasteiger partial charge on any atom is 0.211 e. The number of carbonyl (C=O) groups is 1. The maximum absolute atomic E-state index is 12.0. The van der Waals surface area contributed by atoms with Crippen LogP contribution in [0, 0.1) is 0 Å². The Kier molecular flexibility index (Phi) is 2.72. The average Bonchev–Trinajstić information content (AvgIpc) is 2.75. The monoisotopic (exact) mass is 216 g/mol. The van der Waals surface area contributed by atoms with Gasteiger partial charge in [-0.15, -0.1) is 0 Å². The van der Waals surface area contributed by atoms with Crippen LogP contribution < -0.4 is 4.74 Å². The Balaban J connectivity index is 2.31. The van der Waals surface area contributed by atoms with E-state index in [0.29, 0.717) is 11.3 Å². The Hall–Kier alpha value is -2.10. The molecule has 4 nitrogen and oxygen atoms in total. The standard InChI is InChI=1S/C12H12N2O2/c1-14-11(7-8-13-14)12(15)9-3-5-10(16-2)6-4-9/h3-8H,1-2H3. The third-order valence-electron chi connectivity index (χ3n) is 2.41. The first kappa shape index (κ1) is 10.4. The predicted molar refractivity (Wildman–Crippen MR) is 59.6 cm³/mol. The number of aromatic nitrogens is 2. The summed E-state index contributed by atoms with van der Waals surface area (Å²) in [4.78, 5) is 12.0. The van der Waals surface area contributed by atoms with Crippen LogP contribution in [0.5, 0.6) is 5.75 Å². The van der Waals surface area contributed by atoms with Gasteiger partial charge in [0.25, 0.3) is 0 Å². The second kappa shape index (κ2) is 4.18. The van der Waals surface area contributed by atoms with Gasteiger partial charge in [-0.3, -0.25) is 9.48 Å². The van der Waals surface area contributed by atoms with Crippen molar-refractivity contribution < 1.29 is 9.53 Å². The summed E-state index contributed by atoms with van der Waals surface area (Å²) in [6.45, 7) is 0. The number of hydrogen-bond acceptors (Lipinski definition) is 3. The zero-order valence-electron chi connectivity index (χ0n) is 9.18. The average molecular weight is 216 g/mol. The van der Waals surface area contributed by atoms with Gasteiger partial charge in [-0.05, 0) is 30.3 Å². The first-order valence-corrected chi connectivity index (χ1v) is 4.89. The third-order valence-corrected chi connectivity index (χ3v) is 2.41. The highest BCUT2D eigenvalue weighted by Crippen LogP contribution is 2.14. The van der Waals surface area contributed by atoms with Gasteiger partial charge < -0.3 is 4.74 Å². The number of aryl methyl sites for hydroxylation is 1. The molecule has 0 aliphatic carbocycles. The van der Waals surface area contributed by atoms with Crippen molar-refractivity contribution in [2.24, 2.45) is 7.05 Å². The topological polar surface area (TPSA) is 44.1 Å². The SMILES string of the molecule is COc1ccc(C(=O)c2ccnn2C)cc1. The van der Waals surface area contributed by atoms with E-state index in [4.69, 9.17) is 4.74 Å². The van der Waals surface area contributed by atoms with Gasteiger partial charge in [-0.25, -0.2) is 0 Å². The lowest BCUT2D eigenvalue weighted by Gasteiger charge is -2.03. The maximum atomic E-state index is 12.0. The molecule has 0 atom stereocenters. The molecule has 0 aliphatic rings. The van der Waals surface area contributed by atoms with Gasteiger partial charge in [0.2, 0.25) is 5.78 Å². The van der Waals surface area contributed by atoms with Gasteiger partial charge in [0, 0.05) is 18.8 Å². The van der Waals surface area contributed by atoms with Crippen molar-refractivity contribution in [3.63, 3.8) is 0 Å². The molecular formula is C12H12N2O2. The molecule has 1 heterocycles. The van der Waals surface area contributed by atoms with Gasteiger partial charge in [-0.1, -0.05) is 0 Å². The molecule has 1 aromatic heterocycles. The Morgan fingerprint density at radius 1 is 1.25 bits per heavy atom. The van der Waals surface area contributed by atoms with E-state index < -0.39 is 0 Å². The second-order valence-corrected chi connectivity index (χ2v) is 3.40. The number of nitrogens with zero attached hydrogens (tertiary/aromatic N) is 2. The summed E-state index contributed by atoms with van der Waals surface area (Å²) >= 11 is 0. The molecule has 0 amide bonds. The summed E-state index contributed by atoms with van der Waals surface area (Å²) in [7, 11) is 3.34. The highest BCUT2D eigenvalue weighted by atomic mass is 16.5. The molecular weight excluding hydrogens is 204 g/mol. The van der Waals surface area contributed by atoms with Crippen LogP contribution in [-0.4, -0.2) is 22.7 Å². The van der Waals surface area contributed by atoms with Crippen LogP contribution in [0.3, 0.4) is 0 Å². The molecule has 4 heteroatoms. The Morgan fingerprint density at radius 3 is 2.44 bits per heavy atom. The summed E-state index contributed by atoms with van der Waals surface area (Å²) in [6.07, 6.45) is 1.61. The molecule has 0 aliphatic heterocycles. The summed E-state index contributed by atoms with van der Waals surface area (Å²) in [6, 6.07) is 8.72. The van der Waals surface area contributed by atoms with Crippen molar-refractivity contribution in [3.05, 3.63) is 47.8 Å². The van der Waals surface area contributed by atoms with Crippen molar-refractivity contribution in [1.82, 2.24) is 9.78 Å². The summed E-state index contributed by atoms with van der Waals surface area (Å²) in [5, 5.41) is 3.97. The van der Waals surface area contributed by atoms with Gasteiger partial charge in [0.15, 0.2) is 0 Å². The first-order chi connectivity index (χ1) is 7.72. The van der Waals surface area contributed by atoms with Gasteiger partial charge in [0.05, 0.1) is 7.11 Å². The molecule has 2 aromatic rings. The summed E-state index contributed by atoms with van der Waals surface area (Å²) in [5.74, 6) is 0.698. The van der Waals surface area contributed by atoms with E-state index in [9.17, 15) is 4.79 Å². The van der Waals surface area contributed by atoms with E-state index >= 15 is 0 Å². The molecule has 0 fully saturated rings. The van der Waals surface area contributed by atoms with Gasteiger partial charge in [-0.2, -0.15) is 5.10 Å². The summed E-state index contributed by atoms with van der Waals surface area (Å²) in [5.41, 5.74) is 1.20. The summed E-state index contributed by atoms with van der Waals surface area (Å²) < 4.78 is 6.60. The molecule has 0 saturated heterocycles. The van der Waals surface area contributed by atoms with Crippen LogP contribution in [0.25, 0.3) is 0 Å². The fourth-order valence-electron chi connectivity index (χ4n) is 1.49. The van der Waals surface area contributed by atoms with E-state index in [2.05, 4.69) is 5.10 Å². The van der Waals surface area contributed by atoms with E-state index in [0.717, 1.165) is 5.75 Å². The minimum absolute atomic E-state index is 0.0392. The second-order valence-electron chi connectivity index (χ2n) is 3.40. The molecule has 16 heavy (non-hydrogen) atoms. The molecule has 0 saturated carbocycles. The zero-order chi connectivity index (χ0) is 11.5. The van der Waals surface area contributed by atoms with E-state index in [1.165, 1.54) is 0 Å². The minimum Gasteiger partial charge on any atom is -0.497 e. The molecule has 0 spiro atoms. The Labute approximate surface area is 93.5 Å². The van der Waals surface area contributed by atoms with Crippen LogP contribution >= 0.6 is 0 Å². The molecule has 0 bridgehead atoms. The Morgan fingerprint density at radius 2 is 1.94 bits per heavy atom. The molecule has 0 unspecified atom stereocenters. The van der Waals surface area contributed by atoms with Crippen molar-refractivity contribution in [2.75, 3.05) is 7.11 Å². The van der Waals surface area contributed by atoms with Gasteiger partial charge in [0.1, 0.15) is 11.4 Å². The molecule has 82 valence electrons.